The van der Waals surface area contributed by atoms with Crippen LogP contribution in [-0.4, -0.2) is 33.4 Å². The largest absolute Gasteiger partial charge is 0.481 e. The molecule has 1 fully saturated rings. The Morgan fingerprint density at radius 1 is 1.63 bits per heavy atom. The second kappa shape index (κ2) is 4.71. The van der Waals surface area contributed by atoms with Crippen LogP contribution in [0.3, 0.4) is 0 Å². The number of rotatable bonds is 4. The molecule has 2 heterocycles. The molecule has 0 aliphatic carbocycles. The first-order valence-electron chi connectivity index (χ1n) is 5.72. The molecular formula is C11H12N2O6. The lowest BCUT2D eigenvalue weighted by molar-refractivity contribution is -0.402. The van der Waals surface area contributed by atoms with Crippen molar-refractivity contribution < 1.29 is 24.0 Å². The van der Waals surface area contributed by atoms with E-state index in [9.17, 15) is 19.7 Å². The SMILES string of the molecule is CCN1C(=O)CC(C(=O)O)C1c1ccc([N+](=O)[O-])o1. The zero-order chi connectivity index (χ0) is 14.2. The summed E-state index contributed by atoms with van der Waals surface area (Å²) in [7, 11) is 0. The monoisotopic (exact) mass is 268 g/mol. The van der Waals surface area contributed by atoms with Crippen LogP contribution in [0.1, 0.15) is 25.1 Å². The highest BCUT2D eigenvalue weighted by atomic mass is 16.6. The Hall–Kier alpha value is -2.38. The van der Waals surface area contributed by atoms with Gasteiger partial charge in [-0.3, -0.25) is 19.7 Å². The van der Waals surface area contributed by atoms with E-state index in [0.29, 0.717) is 6.54 Å². The van der Waals surface area contributed by atoms with Crippen molar-refractivity contribution >= 4 is 17.8 Å². The number of amides is 1. The third-order valence-corrected chi connectivity index (χ3v) is 3.17. The Morgan fingerprint density at radius 2 is 2.32 bits per heavy atom. The Kier molecular flexibility index (Phi) is 3.24. The van der Waals surface area contributed by atoms with E-state index >= 15 is 0 Å². The number of furan rings is 1. The summed E-state index contributed by atoms with van der Waals surface area (Å²) in [5.74, 6) is -2.69. The Morgan fingerprint density at radius 3 is 2.79 bits per heavy atom. The van der Waals surface area contributed by atoms with E-state index in [4.69, 9.17) is 9.52 Å². The summed E-state index contributed by atoms with van der Waals surface area (Å²) >= 11 is 0. The number of hydrogen-bond donors (Lipinski definition) is 1. The number of carboxylic acids is 1. The second-order valence-electron chi connectivity index (χ2n) is 4.21. The number of aliphatic carboxylic acids is 1. The minimum Gasteiger partial charge on any atom is -0.481 e. The van der Waals surface area contributed by atoms with Crippen molar-refractivity contribution in [2.75, 3.05) is 6.54 Å². The molecule has 8 heteroatoms. The third-order valence-electron chi connectivity index (χ3n) is 3.17. The second-order valence-corrected chi connectivity index (χ2v) is 4.21. The highest BCUT2D eigenvalue weighted by molar-refractivity contribution is 5.87. The van der Waals surface area contributed by atoms with Crippen LogP contribution in [0.4, 0.5) is 5.88 Å². The molecule has 1 aliphatic rings. The van der Waals surface area contributed by atoms with Gasteiger partial charge in [-0.1, -0.05) is 0 Å². The zero-order valence-electron chi connectivity index (χ0n) is 10.1. The topological polar surface area (TPSA) is 114 Å². The number of carbonyl (C=O) groups excluding carboxylic acids is 1. The van der Waals surface area contributed by atoms with Gasteiger partial charge < -0.3 is 14.4 Å². The summed E-state index contributed by atoms with van der Waals surface area (Å²) < 4.78 is 5.03. The molecule has 0 aromatic carbocycles. The van der Waals surface area contributed by atoms with Crippen LogP contribution in [0, 0.1) is 16.0 Å². The molecule has 2 atom stereocenters. The van der Waals surface area contributed by atoms with E-state index in [-0.39, 0.29) is 18.1 Å². The Balaban J connectivity index is 2.39. The van der Waals surface area contributed by atoms with Gasteiger partial charge >= 0.3 is 11.9 Å². The standard InChI is InChI=1S/C11H12N2O6/c1-2-12-8(14)5-6(11(15)16)10(12)7-3-4-9(19-7)13(17)18/h3-4,6,10H,2,5H2,1H3,(H,15,16). The number of carboxylic acid groups (broad SMARTS) is 1. The van der Waals surface area contributed by atoms with Crippen molar-refractivity contribution in [1.82, 2.24) is 4.90 Å². The van der Waals surface area contributed by atoms with E-state index in [1.165, 1.54) is 11.0 Å². The average Bonchev–Trinajstić information content (AvgIpc) is 2.92. The van der Waals surface area contributed by atoms with Gasteiger partial charge in [0.15, 0.2) is 0 Å². The van der Waals surface area contributed by atoms with E-state index in [0.717, 1.165) is 6.07 Å². The van der Waals surface area contributed by atoms with Gasteiger partial charge in [0, 0.05) is 13.0 Å². The van der Waals surface area contributed by atoms with Gasteiger partial charge in [0.05, 0.1) is 12.0 Å². The van der Waals surface area contributed by atoms with Crippen molar-refractivity contribution in [3.63, 3.8) is 0 Å². The first kappa shape index (κ1) is 13.1. The quantitative estimate of drug-likeness (QED) is 0.647. The third kappa shape index (κ3) is 2.16. The van der Waals surface area contributed by atoms with Crippen LogP contribution in [0.25, 0.3) is 0 Å². The first-order valence-corrected chi connectivity index (χ1v) is 5.72. The minimum absolute atomic E-state index is 0.123. The lowest BCUT2D eigenvalue weighted by Gasteiger charge is -2.23. The van der Waals surface area contributed by atoms with Crippen LogP contribution < -0.4 is 0 Å². The van der Waals surface area contributed by atoms with Crippen LogP contribution in [0.15, 0.2) is 16.5 Å². The fourth-order valence-corrected chi connectivity index (χ4v) is 2.34. The number of hydrogen-bond acceptors (Lipinski definition) is 5. The van der Waals surface area contributed by atoms with Gasteiger partial charge in [-0.2, -0.15) is 0 Å². The molecule has 1 saturated heterocycles. The number of nitrogens with zero attached hydrogens (tertiary/aromatic N) is 2. The molecule has 2 unspecified atom stereocenters. The predicted octanol–water partition coefficient (Wildman–Crippen LogP) is 1.18. The van der Waals surface area contributed by atoms with Gasteiger partial charge in [-0.25, -0.2) is 0 Å². The molecular weight excluding hydrogens is 256 g/mol. The molecule has 0 saturated carbocycles. The molecule has 1 amide bonds. The Labute approximate surface area is 107 Å². The molecule has 102 valence electrons. The summed E-state index contributed by atoms with van der Waals surface area (Å²) in [6.07, 6.45) is -0.123. The van der Waals surface area contributed by atoms with Crippen LogP contribution >= 0.6 is 0 Å². The molecule has 2 rings (SSSR count). The van der Waals surface area contributed by atoms with Gasteiger partial charge in [-0.05, 0) is 13.0 Å². The predicted molar refractivity (Wildman–Crippen MR) is 61.2 cm³/mol. The molecule has 1 N–H and O–H groups in total. The molecule has 19 heavy (non-hydrogen) atoms. The average molecular weight is 268 g/mol. The number of nitro groups is 1. The normalized spacial score (nSPS) is 22.8. The van der Waals surface area contributed by atoms with Crippen molar-refractivity contribution in [1.29, 1.82) is 0 Å². The van der Waals surface area contributed by atoms with Crippen LogP contribution in [0.2, 0.25) is 0 Å². The molecule has 0 spiro atoms. The van der Waals surface area contributed by atoms with E-state index in [2.05, 4.69) is 0 Å². The zero-order valence-corrected chi connectivity index (χ0v) is 10.1. The smallest absolute Gasteiger partial charge is 0.433 e. The number of carbonyl (C=O) groups is 2. The first-order chi connectivity index (χ1) is 8.95. The van der Waals surface area contributed by atoms with Crippen LogP contribution in [-0.2, 0) is 9.59 Å². The molecule has 1 aromatic heterocycles. The van der Waals surface area contributed by atoms with E-state index in [1.54, 1.807) is 6.92 Å². The summed E-state index contributed by atoms with van der Waals surface area (Å²) in [6.45, 7) is 2.04. The van der Waals surface area contributed by atoms with Crippen molar-refractivity contribution in [3.05, 3.63) is 28.0 Å². The Bertz CT molecular complexity index is 537. The minimum atomic E-state index is -1.12. The molecule has 1 aromatic rings. The fraction of sp³-hybridized carbons (Fsp3) is 0.455. The summed E-state index contributed by atoms with van der Waals surface area (Å²) in [4.78, 5) is 34.1. The summed E-state index contributed by atoms with van der Waals surface area (Å²) in [6, 6.07) is 1.72. The maximum absolute atomic E-state index is 11.7. The van der Waals surface area contributed by atoms with Gasteiger partial charge in [0.2, 0.25) is 5.91 Å². The summed E-state index contributed by atoms with van der Waals surface area (Å²) in [5.41, 5.74) is 0. The van der Waals surface area contributed by atoms with E-state index in [1.807, 2.05) is 0 Å². The van der Waals surface area contributed by atoms with E-state index < -0.39 is 28.7 Å². The van der Waals surface area contributed by atoms with Crippen molar-refractivity contribution in [3.8, 4) is 0 Å². The summed E-state index contributed by atoms with van der Waals surface area (Å²) in [5, 5.41) is 19.7. The maximum atomic E-state index is 11.7. The van der Waals surface area contributed by atoms with Crippen molar-refractivity contribution in [2.45, 2.75) is 19.4 Å². The molecule has 8 nitrogen and oxygen atoms in total. The highest BCUT2D eigenvalue weighted by Crippen LogP contribution is 2.39. The van der Waals surface area contributed by atoms with Gasteiger partial charge in [0.25, 0.3) is 0 Å². The van der Waals surface area contributed by atoms with Crippen LogP contribution in [0.5, 0.6) is 0 Å². The highest BCUT2D eigenvalue weighted by Gasteiger charge is 2.46. The lowest BCUT2D eigenvalue weighted by atomic mass is 9.98. The maximum Gasteiger partial charge on any atom is 0.433 e. The number of likely N-dealkylation sites (tertiary alicyclic amines) is 1. The van der Waals surface area contributed by atoms with Gasteiger partial charge in [-0.15, -0.1) is 0 Å². The fourth-order valence-electron chi connectivity index (χ4n) is 2.34. The molecule has 1 aliphatic heterocycles. The molecule has 0 bridgehead atoms. The lowest BCUT2D eigenvalue weighted by Crippen LogP contribution is -2.30. The molecule has 0 radical (unpaired) electrons. The van der Waals surface area contributed by atoms with Crippen molar-refractivity contribution in [2.24, 2.45) is 5.92 Å². The van der Waals surface area contributed by atoms with Gasteiger partial charge in [0.1, 0.15) is 16.7 Å².